The fraction of sp³-hybridized carbons (Fsp3) is 1.00. The topological polar surface area (TPSA) is 52.5 Å². The smallest absolute Gasteiger partial charge is 0.167 e. The van der Waals surface area contributed by atoms with Crippen LogP contribution in [0.1, 0.15) is 20.3 Å². The van der Waals surface area contributed by atoms with Gasteiger partial charge in [-0.2, -0.15) is 0 Å². The van der Waals surface area contributed by atoms with Gasteiger partial charge in [0.2, 0.25) is 0 Å². The molecule has 3 heteroatoms. The molecule has 3 N–H and O–H groups in total. The lowest BCUT2D eigenvalue weighted by atomic mass is 9.99. The minimum atomic E-state index is -1.25. The van der Waals surface area contributed by atoms with Gasteiger partial charge in [0, 0.05) is 0 Å². The van der Waals surface area contributed by atoms with Gasteiger partial charge in [0.15, 0.2) is 6.29 Å². The number of nitrogens with one attached hydrogen (secondary N) is 1. The summed E-state index contributed by atoms with van der Waals surface area (Å²) in [5.74, 6) is 0.296. The maximum Gasteiger partial charge on any atom is 0.167 e. The van der Waals surface area contributed by atoms with Crippen molar-refractivity contribution >= 4 is 0 Å². The second-order valence-corrected chi connectivity index (χ2v) is 2.61. The molecule has 0 aliphatic carbocycles. The second-order valence-electron chi connectivity index (χ2n) is 2.61. The largest absolute Gasteiger partial charge is 0.367 e. The number of hydrogen-bond acceptors (Lipinski definition) is 3. The lowest BCUT2D eigenvalue weighted by Gasteiger charge is -2.23. The molecule has 0 aromatic rings. The van der Waals surface area contributed by atoms with Gasteiger partial charge in [-0.25, -0.2) is 0 Å². The summed E-state index contributed by atoms with van der Waals surface area (Å²) in [5, 5.41) is 20.5. The van der Waals surface area contributed by atoms with E-state index in [4.69, 9.17) is 10.2 Å². The van der Waals surface area contributed by atoms with Gasteiger partial charge in [0.1, 0.15) is 0 Å². The first-order valence-electron chi connectivity index (χ1n) is 3.66. The van der Waals surface area contributed by atoms with Crippen molar-refractivity contribution in [3.63, 3.8) is 0 Å². The predicted octanol–water partition coefficient (Wildman–Crippen LogP) is -0.0688. The molecule has 0 fully saturated rings. The molecule has 0 bridgehead atoms. The van der Waals surface area contributed by atoms with Gasteiger partial charge in [-0.1, -0.05) is 20.3 Å². The van der Waals surface area contributed by atoms with E-state index >= 15 is 0 Å². The Morgan fingerprint density at radius 3 is 2.00 bits per heavy atom. The van der Waals surface area contributed by atoms with Gasteiger partial charge in [0.05, 0.1) is 6.04 Å². The Morgan fingerprint density at radius 1 is 1.40 bits per heavy atom. The SMILES string of the molecule is CC[C@H](C)[C@H](NC)C(O)O. The highest BCUT2D eigenvalue weighted by atomic mass is 16.5. The summed E-state index contributed by atoms with van der Waals surface area (Å²) >= 11 is 0. The van der Waals surface area contributed by atoms with Gasteiger partial charge in [-0.3, -0.25) is 0 Å². The molecule has 0 amide bonds. The van der Waals surface area contributed by atoms with Crippen LogP contribution in [0.2, 0.25) is 0 Å². The quantitative estimate of drug-likeness (QED) is 0.488. The number of aliphatic hydroxyl groups excluding tert-OH is 1. The Kier molecular flexibility index (Phi) is 4.60. The van der Waals surface area contributed by atoms with Gasteiger partial charge < -0.3 is 15.5 Å². The van der Waals surface area contributed by atoms with Crippen LogP contribution >= 0.6 is 0 Å². The average molecular weight is 147 g/mol. The van der Waals surface area contributed by atoms with Crippen LogP contribution in [0.3, 0.4) is 0 Å². The number of likely N-dealkylation sites (N-methyl/N-ethyl adjacent to an activating group) is 1. The Hall–Kier alpha value is -0.120. The lowest BCUT2D eigenvalue weighted by molar-refractivity contribution is -0.0776. The molecule has 0 aliphatic heterocycles. The normalized spacial score (nSPS) is 17.4. The molecule has 0 spiro atoms. The minimum absolute atomic E-state index is 0.204. The summed E-state index contributed by atoms with van der Waals surface area (Å²) in [4.78, 5) is 0. The third-order valence-corrected chi connectivity index (χ3v) is 1.91. The van der Waals surface area contributed by atoms with Gasteiger partial charge in [0.25, 0.3) is 0 Å². The third-order valence-electron chi connectivity index (χ3n) is 1.91. The maximum atomic E-state index is 8.81. The van der Waals surface area contributed by atoms with E-state index in [0.29, 0.717) is 5.92 Å². The lowest BCUT2D eigenvalue weighted by Crippen LogP contribution is -2.42. The fourth-order valence-electron chi connectivity index (χ4n) is 0.981. The zero-order valence-electron chi connectivity index (χ0n) is 6.83. The van der Waals surface area contributed by atoms with E-state index in [0.717, 1.165) is 6.42 Å². The first-order chi connectivity index (χ1) is 4.63. The van der Waals surface area contributed by atoms with Crippen LogP contribution in [0.4, 0.5) is 0 Å². The van der Waals surface area contributed by atoms with Crippen molar-refractivity contribution in [2.45, 2.75) is 32.6 Å². The summed E-state index contributed by atoms with van der Waals surface area (Å²) < 4.78 is 0. The first-order valence-corrected chi connectivity index (χ1v) is 3.66. The second kappa shape index (κ2) is 4.66. The zero-order chi connectivity index (χ0) is 8.15. The van der Waals surface area contributed by atoms with Gasteiger partial charge in [-0.05, 0) is 13.0 Å². The molecule has 62 valence electrons. The molecule has 3 nitrogen and oxygen atoms in total. The summed E-state index contributed by atoms with van der Waals surface area (Å²) in [5.41, 5.74) is 0. The number of rotatable bonds is 4. The number of hydrogen-bond donors (Lipinski definition) is 3. The van der Waals surface area contributed by atoms with Crippen molar-refractivity contribution in [3.05, 3.63) is 0 Å². The molecular weight excluding hydrogens is 130 g/mol. The van der Waals surface area contributed by atoms with Crippen molar-refractivity contribution in [3.8, 4) is 0 Å². The van der Waals surface area contributed by atoms with Crippen molar-refractivity contribution in [2.75, 3.05) is 7.05 Å². The Morgan fingerprint density at radius 2 is 1.90 bits per heavy atom. The maximum absolute atomic E-state index is 8.81. The Bertz CT molecular complexity index is 85.7. The Labute approximate surface area is 62.1 Å². The van der Waals surface area contributed by atoms with Crippen LogP contribution in [-0.4, -0.2) is 29.6 Å². The molecule has 0 saturated heterocycles. The van der Waals surface area contributed by atoms with Crippen molar-refractivity contribution in [1.82, 2.24) is 5.32 Å². The van der Waals surface area contributed by atoms with E-state index in [9.17, 15) is 0 Å². The summed E-state index contributed by atoms with van der Waals surface area (Å²) in [6.45, 7) is 4.01. The highest BCUT2D eigenvalue weighted by Gasteiger charge is 2.19. The highest BCUT2D eigenvalue weighted by Crippen LogP contribution is 2.08. The minimum Gasteiger partial charge on any atom is -0.367 e. The molecule has 10 heavy (non-hydrogen) atoms. The molecule has 0 aliphatic rings. The van der Waals surface area contributed by atoms with E-state index < -0.39 is 6.29 Å². The fourth-order valence-corrected chi connectivity index (χ4v) is 0.981. The van der Waals surface area contributed by atoms with Crippen LogP contribution in [0.25, 0.3) is 0 Å². The van der Waals surface area contributed by atoms with E-state index in [-0.39, 0.29) is 6.04 Å². The van der Waals surface area contributed by atoms with E-state index in [1.165, 1.54) is 0 Å². The van der Waals surface area contributed by atoms with Crippen LogP contribution in [0, 0.1) is 5.92 Å². The van der Waals surface area contributed by atoms with E-state index in [1.807, 2.05) is 13.8 Å². The predicted molar refractivity (Wildman–Crippen MR) is 40.5 cm³/mol. The first kappa shape index (κ1) is 9.88. The summed E-state index contributed by atoms with van der Waals surface area (Å²) in [6.07, 6.45) is -0.303. The Balaban J connectivity index is 3.80. The molecular formula is C7H17NO2. The van der Waals surface area contributed by atoms with Gasteiger partial charge in [-0.15, -0.1) is 0 Å². The van der Waals surface area contributed by atoms with Crippen LogP contribution in [0.5, 0.6) is 0 Å². The number of aliphatic hydroxyl groups is 2. The molecule has 0 rings (SSSR count). The van der Waals surface area contributed by atoms with E-state index in [2.05, 4.69) is 5.32 Å². The molecule has 0 radical (unpaired) electrons. The molecule has 0 unspecified atom stereocenters. The standard InChI is InChI=1S/C7H17NO2/c1-4-5(2)6(8-3)7(9)10/h5-10H,4H2,1-3H3/t5-,6-/m0/s1. The molecule has 0 aromatic heterocycles. The van der Waals surface area contributed by atoms with Crippen LogP contribution in [-0.2, 0) is 0 Å². The van der Waals surface area contributed by atoms with E-state index in [1.54, 1.807) is 7.05 Å². The molecule has 0 aromatic carbocycles. The monoisotopic (exact) mass is 147 g/mol. The van der Waals surface area contributed by atoms with Crippen molar-refractivity contribution < 1.29 is 10.2 Å². The molecule has 0 heterocycles. The summed E-state index contributed by atoms with van der Waals surface area (Å²) in [7, 11) is 1.73. The zero-order valence-corrected chi connectivity index (χ0v) is 6.83. The third kappa shape index (κ3) is 2.64. The van der Waals surface area contributed by atoms with Crippen molar-refractivity contribution in [1.29, 1.82) is 0 Å². The van der Waals surface area contributed by atoms with Crippen LogP contribution in [0.15, 0.2) is 0 Å². The van der Waals surface area contributed by atoms with Gasteiger partial charge >= 0.3 is 0 Å². The average Bonchev–Trinajstić information content (AvgIpc) is 1.88. The molecule has 0 saturated carbocycles. The summed E-state index contributed by atoms with van der Waals surface area (Å²) in [6, 6.07) is -0.204. The van der Waals surface area contributed by atoms with Crippen molar-refractivity contribution in [2.24, 2.45) is 5.92 Å². The highest BCUT2D eigenvalue weighted by molar-refractivity contribution is 4.71. The molecule has 2 atom stereocenters. The van der Waals surface area contributed by atoms with Crippen LogP contribution < -0.4 is 5.32 Å².